The van der Waals surface area contributed by atoms with Gasteiger partial charge in [-0.3, -0.25) is 0 Å². The van der Waals surface area contributed by atoms with Gasteiger partial charge in [-0.1, -0.05) is 18.2 Å². The largest absolute Gasteiger partial charge is 0.386 e. The van der Waals surface area contributed by atoms with Gasteiger partial charge in [0, 0.05) is 6.54 Å². The Bertz CT molecular complexity index is 339. The van der Waals surface area contributed by atoms with Crippen molar-refractivity contribution in [2.75, 3.05) is 6.54 Å². The Morgan fingerprint density at radius 2 is 2.14 bits per heavy atom. The monoisotopic (exact) mass is 191 g/mol. The van der Waals surface area contributed by atoms with Gasteiger partial charge in [0.05, 0.1) is 5.60 Å². The Balaban J connectivity index is 2.51. The average Bonchev–Trinajstić information content (AvgIpc) is 2.15. The van der Waals surface area contributed by atoms with E-state index in [0.717, 1.165) is 25.1 Å². The summed E-state index contributed by atoms with van der Waals surface area (Å²) in [6.45, 7) is 5.62. The third-order valence-electron chi connectivity index (χ3n) is 2.81. The lowest BCUT2D eigenvalue weighted by atomic mass is 9.88. The van der Waals surface area contributed by atoms with Gasteiger partial charge in [-0.05, 0) is 43.5 Å². The van der Waals surface area contributed by atoms with Gasteiger partial charge in [0.2, 0.25) is 0 Å². The van der Waals surface area contributed by atoms with Crippen molar-refractivity contribution in [3.8, 4) is 0 Å². The summed E-state index contributed by atoms with van der Waals surface area (Å²) in [4.78, 5) is 0. The van der Waals surface area contributed by atoms with E-state index in [0.29, 0.717) is 0 Å². The maximum atomic E-state index is 10.0. The topological polar surface area (TPSA) is 32.3 Å². The fourth-order valence-corrected chi connectivity index (χ4v) is 2.09. The molecule has 0 spiro atoms. The van der Waals surface area contributed by atoms with E-state index in [1.54, 1.807) is 0 Å². The molecule has 1 aliphatic rings. The minimum Gasteiger partial charge on any atom is -0.386 e. The Labute approximate surface area is 85.0 Å². The third-order valence-corrected chi connectivity index (χ3v) is 2.81. The summed E-state index contributed by atoms with van der Waals surface area (Å²) in [6, 6.07) is 6.22. The molecular weight excluding hydrogens is 174 g/mol. The molecule has 2 nitrogen and oxygen atoms in total. The Kier molecular flexibility index (Phi) is 2.33. The molecule has 0 amide bonds. The van der Waals surface area contributed by atoms with Crippen LogP contribution >= 0.6 is 0 Å². The first-order valence-electron chi connectivity index (χ1n) is 5.13. The van der Waals surface area contributed by atoms with Gasteiger partial charge < -0.3 is 10.4 Å². The molecule has 1 aromatic carbocycles. The zero-order valence-corrected chi connectivity index (χ0v) is 8.80. The number of hydrogen-bond acceptors (Lipinski definition) is 2. The van der Waals surface area contributed by atoms with Gasteiger partial charge in [0.15, 0.2) is 0 Å². The first kappa shape index (κ1) is 9.69. The molecule has 0 bridgehead atoms. The highest BCUT2D eigenvalue weighted by Gasteiger charge is 2.22. The molecular formula is C12H17NO. The molecule has 2 rings (SSSR count). The second kappa shape index (κ2) is 3.37. The van der Waals surface area contributed by atoms with Crippen LogP contribution in [0.4, 0.5) is 0 Å². The van der Waals surface area contributed by atoms with Crippen molar-refractivity contribution in [3.63, 3.8) is 0 Å². The number of hydrogen-bond donors (Lipinski definition) is 2. The lowest BCUT2D eigenvalue weighted by Gasteiger charge is -2.26. The van der Waals surface area contributed by atoms with Crippen LogP contribution in [0, 0.1) is 0 Å². The highest BCUT2D eigenvalue weighted by atomic mass is 16.3. The molecule has 0 saturated heterocycles. The summed E-state index contributed by atoms with van der Waals surface area (Å²) >= 11 is 0. The highest BCUT2D eigenvalue weighted by molar-refractivity contribution is 5.39. The summed E-state index contributed by atoms with van der Waals surface area (Å²) in [6.07, 6.45) is 1.07. The fraction of sp³-hybridized carbons (Fsp3) is 0.500. The van der Waals surface area contributed by atoms with Crippen molar-refractivity contribution in [2.45, 2.75) is 32.4 Å². The molecule has 1 heterocycles. The SMILES string of the molecule is CC(C)(O)c1cccc2c1CNCC2. The van der Waals surface area contributed by atoms with Crippen LogP contribution in [0.3, 0.4) is 0 Å². The number of fused-ring (bicyclic) bond motifs is 1. The Morgan fingerprint density at radius 3 is 2.86 bits per heavy atom. The minimum atomic E-state index is -0.732. The van der Waals surface area contributed by atoms with Crippen molar-refractivity contribution in [2.24, 2.45) is 0 Å². The lowest BCUT2D eigenvalue weighted by molar-refractivity contribution is 0.0772. The standard InChI is InChI=1S/C12H17NO/c1-12(2,14)11-5-3-4-9-6-7-13-8-10(9)11/h3-5,13-14H,6-8H2,1-2H3. The average molecular weight is 191 g/mol. The van der Waals surface area contributed by atoms with E-state index in [9.17, 15) is 5.11 Å². The molecule has 0 unspecified atom stereocenters. The minimum absolute atomic E-state index is 0.732. The predicted octanol–water partition coefficient (Wildman–Crippen LogP) is 1.56. The molecule has 2 N–H and O–H groups in total. The third kappa shape index (κ3) is 1.68. The van der Waals surface area contributed by atoms with Gasteiger partial charge >= 0.3 is 0 Å². The number of aliphatic hydroxyl groups is 1. The van der Waals surface area contributed by atoms with E-state index in [1.165, 1.54) is 11.1 Å². The van der Waals surface area contributed by atoms with Crippen molar-refractivity contribution >= 4 is 0 Å². The Hall–Kier alpha value is -0.860. The van der Waals surface area contributed by atoms with Gasteiger partial charge in [-0.2, -0.15) is 0 Å². The van der Waals surface area contributed by atoms with Crippen LogP contribution in [-0.4, -0.2) is 11.7 Å². The maximum Gasteiger partial charge on any atom is 0.0843 e. The zero-order chi connectivity index (χ0) is 10.2. The molecule has 76 valence electrons. The van der Waals surface area contributed by atoms with Crippen molar-refractivity contribution in [1.82, 2.24) is 5.32 Å². The van der Waals surface area contributed by atoms with Crippen LogP contribution in [-0.2, 0) is 18.6 Å². The molecule has 0 aliphatic carbocycles. The molecule has 0 radical (unpaired) electrons. The highest BCUT2D eigenvalue weighted by Crippen LogP contribution is 2.27. The second-order valence-corrected chi connectivity index (χ2v) is 4.43. The molecule has 0 atom stereocenters. The van der Waals surface area contributed by atoms with Crippen LogP contribution in [0.1, 0.15) is 30.5 Å². The van der Waals surface area contributed by atoms with Crippen LogP contribution in [0.25, 0.3) is 0 Å². The smallest absolute Gasteiger partial charge is 0.0843 e. The lowest BCUT2D eigenvalue weighted by Crippen LogP contribution is -2.28. The van der Waals surface area contributed by atoms with Crippen LogP contribution in [0.2, 0.25) is 0 Å². The summed E-state index contributed by atoms with van der Waals surface area (Å²) in [5, 5.41) is 13.4. The van der Waals surface area contributed by atoms with Gasteiger partial charge in [-0.15, -0.1) is 0 Å². The molecule has 0 aromatic heterocycles. The van der Waals surface area contributed by atoms with E-state index in [-0.39, 0.29) is 0 Å². The van der Waals surface area contributed by atoms with E-state index in [1.807, 2.05) is 26.0 Å². The van der Waals surface area contributed by atoms with Gasteiger partial charge in [-0.25, -0.2) is 0 Å². The number of benzene rings is 1. The first-order valence-corrected chi connectivity index (χ1v) is 5.13. The summed E-state index contributed by atoms with van der Waals surface area (Å²) in [7, 11) is 0. The van der Waals surface area contributed by atoms with Crippen molar-refractivity contribution in [3.05, 3.63) is 34.9 Å². The van der Waals surface area contributed by atoms with Crippen molar-refractivity contribution < 1.29 is 5.11 Å². The van der Waals surface area contributed by atoms with Crippen LogP contribution in [0.15, 0.2) is 18.2 Å². The maximum absolute atomic E-state index is 10.0. The van der Waals surface area contributed by atoms with E-state index in [4.69, 9.17) is 0 Å². The van der Waals surface area contributed by atoms with Gasteiger partial charge in [0.25, 0.3) is 0 Å². The quantitative estimate of drug-likeness (QED) is 0.706. The normalized spacial score (nSPS) is 16.5. The Morgan fingerprint density at radius 1 is 1.36 bits per heavy atom. The molecule has 2 heteroatoms. The second-order valence-electron chi connectivity index (χ2n) is 4.43. The zero-order valence-electron chi connectivity index (χ0n) is 8.80. The first-order chi connectivity index (χ1) is 6.59. The fourth-order valence-electron chi connectivity index (χ4n) is 2.09. The van der Waals surface area contributed by atoms with E-state index < -0.39 is 5.60 Å². The van der Waals surface area contributed by atoms with E-state index in [2.05, 4.69) is 11.4 Å². The van der Waals surface area contributed by atoms with E-state index >= 15 is 0 Å². The molecule has 14 heavy (non-hydrogen) atoms. The van der Waals surface area contributed by atoms with Gasteiger partial charge in [0.1, 0.15) is 0 Å². The summed E-state index contributed by atoms with van der Waals surface area (Å²) < 4.78 is 0. The molecule has 0 fully saturated rings. The number of rotatable bonds is 1. The van der Waals surface area contributed by atoms with Crippen LogP contribution < -0.4 is 5.32 Å². The molecule has 0 saturated carbocycles. The van der Waals surface area contributed by atoms with Crippen molar-refractivity contribution in [1.29, 1.82) is 0 Å². The molecule has 1 aliphatic heterocycles. The summed E-state index contributed by atoms with van der Waals surface area (Å²) in [5.74, 6) is 0. The predicted molar refractivity (Wildman–Crippen MR) is 57.1 cm³/mol. The molecule has 1 aromatic rings. The van der Waals surface area contributed by atoms with Crippen LogP contribution in [0.5, 0.6) is 0 Å². The summed E-state index contributed by atoms with van der Waals surface area (Å²) in [5.41, 5.74) is 2.99. The number of nitrogens with one attached hydrogen (secondary N) is 1.